The van der Waals surface area contributed by atoms with Crippen LogP contribution < -0.4 is 10.5 Å². The molecule has 3 aromatic heterocycles. The topological polar surface area (TPSA) is 95.3 Å². The average Bonchev–Trinajstić information content (AvgIpc) is 3.08. The number of hydrogen-bond acceptors (Lipinski definition) is 7. The molecule has 148 valence electrons. The summed E-state index contributed by atoms with van der Waals surface area (Å²) >= 11 is 6.05. The maximum atomic E-state index is 12.3. The van der Waals surface area contributed by atoms with Gasteiger partial charge in [0.15, 0.2) is 11.5 Å². The highest BCUT2D eigenvalue weighted by Crippen LogP contribution is 2.18. The Morgan fingerprint density at radius 3 is 2.79 bits per heavy atom. The number of hydrogen-bond donors (Lipinski definition) is 1. The first-order chi connectivity index (χ1) is 14.1. The Bertz CT molecular complexity index is 1260. The van der Waals surface area contributed by atoms with E-state index in [1.165, 1.54) is 0 Å². The van der Waals surface area contributed by atoms with Crippen LogP contribution in [0.25, 0.3) is 16.6 Å². The second kappa shape index (κ2) is 7.09. The molecule has 0 aliphatic carbocycles. The van der Waals surface area contributed by atoms with Crippen LogP contribution >= 0.6 is 11.6 Å². The van der Waals surface area contributed by atoms with E-state index >= 15 is 0 Å². The van der Waals surface area contributed by atoms with E-state index in [9.17, 15) is 4.79 Å². The summed E-state index contributed by atoms with van der Waals surface area (Å²) in [5.74, 6) is 2.31. The summed E-state index contributed by atoms with van der Waals surface area (Å²) in [5.41, 5.74) is 1.23. The summed E-state index contributed by atoms with van der Waals surface area (Å²) in [5, 5.41) is 5.59. The van der Waals surface area contributed by atoms with Gasteiger partial charge in [0.05, 0.1) is 29.8 Å². The van der Waals surface area contributed by atoms with Gasteiger partial charge in [0.2, 0.25) is 0 Å². The molecule has 1 fully saturated rings. The van der Waals surface area contributed by atoms with E-state index in [4.69, 9.17) is 11.6 Å². The first-order valence-corrected chi connectivity index (χ1v) is 9.78. The van der Waals surface area contributed by atoms with Crippen molar-refractivity contribution >= 4 is 34.0 Å². The number of fused-ring (bicyclic) bond motifs is 2. The second-order valence-electron chi connectivity index (χ2n) is 7.13. The molecule has 0 spiro atoms. The average molecular weight is 411 g/mol. The second-order valence-corrected chi connectivity index (χ2v) is 7.57. The van der Waals surface area contributed by atoms with Crippen molar-refractivity contribution in [3.05, 3.63) is 57.6 Å². The number of nitrogens with zero attached hydrogens (tertiary/aromatic N) is 7. The fourth-order valence-electron chi connectivity index (χ4n) is 3.71. The zero-order valence-corrected chi connectivity index (χ0v) is 16.6. The van der Waals surface area contributed by atoms with Gasteiger partial charge < -0.3 is 9.88 Å². The minimum Gasteiger partial charge on any atom is -0.353 e. The normalized spacial score (nSPS) is 15.4. The van der Waals surface area contributed by atoms with Crippen molar-refractivity contribution < 1.29 is 0 Å². The molecule has 1 saturated heterocycles. The van der Waals surface area contributed by atoms with Crippen molar-refractivity contribution in [2.75, 3.05) is 31.1 Å². The van der Waals surface area contributed by atoms with Crippen LogP contribution in [0, 0.1) is 6.92 Å². The Balaban J connectivity index is 1.32. The van der Waals surface area contributed by atoms with Crippen LogP contribution in [0.15, 0.2) is 35.4 Å². The highest BCUT2D eigenvalue weighted by molar-refractivity contribution is 6.31. The van der Waals surface area contributed by atoms with E-state index in [0.29, 0.717) is 28.3 Å². The number of rotatable bonds is 3. The summed E-state index contributed by atoms with van der Waals surface area (Å²) in [6, 6.07) is 5.12. The van der Waals surface area contributed by atoms with Crippen molar-refractivity contribution in [2.45, 2.75) is 13.5 Å². The molecule has 0 saturated carbocycles. The van der Waals surface area contributed by atoms with Gasteiger partial charge in [-0.2, -0.15) is 4.52 Å². The molecule has 0 unspecified atom stereocenters. The van der Waals surface area contributed by atoms with Crippen LogP contribution in [0.3, 0.4) is 0 Å². The lowest BCUT2D eigenvalue weighted by Crippen LogP contribution is -2.47. The molecular formula is C19H19ClN8O. The number of H-pyrrole nitrogens is 1. The monoisotopic (exact) mass is 410 g/mol. The highest BCUT2D eigenvalue weighted by atomic mass is 35.5. The zero-order valence-electron chi connectivity index (χ0n) is 15.8. The van der Waals surface area contributed by atoms with Crippen LogP contribution in [0.1, 0.15) is 11.6 Å². The molecule has 29 heavy (non-hydrogen) atoms. The molecule has 0 atom stereocenters. The molecule has 1 aromatic carbocycles. The molecule has 9 nitrogen and oxygen atoms in total. The zero-order chi connectivity index (χ0) is 20.0. The lowest BCUT2D eigenvalue weighted by Gasteiger charge is -2.35. The van der Waals surface area contributed by atoms with Crippen LogP contribution in [0.2, 0.25) is 5.02 Å². The SMILES string of the molecule is Cc1nc2cncc(N3CCN(Cc4nc5cc(Cl)ccc5c(=O)[nH]4)CC3)n2n1. The minimum absolute atomic E-state index is 0.139. The van der Waals surface area contributed by atoms with Gasteiger partial charge in [-0.1, -0.05) is 11.6 Å². The number of piperazine rings is 1. The number of anilines is 1. The number of aromatic nitrogens is 6. The number of benzene rings is 1. The smallest absolute Gasteiger partial charge is 0.258 e. The molecule has 1 aliphatic rings. The molecule has 10 heteroatoms. The largest absolute Gasteiger partial charge is 0.353 e. The lowest BCUT2D eigenvalue weighted by atomic mass is 10.2. The van der Waals surface area contributed by atoms with Crippen LogP contribution in [-0.4, -0.2) is 60.6 Å². The van der Waals surface area contributed by atoms with E-state index in [2.05, 4.69) is 34.8 Å². The molecule has 1 N–H and O–H groups in total. The van der Waals surface area contributed by atoms with Gasteiger partial charge >= 0.3 is 0 Å². The third kappa shape index (κ3) is 3.43. The van der Waals surface area contributed by atoms with Crippen molar-refractivity contribution in [3.63, 3.8) is 0 Å². The Morgan fingerprint density at radius 2 is 1.97 bits per heavy atom. The summed E-state index contributed by atoms with van der Waals surface area (Å²) in [6.45, 7) is 5.77. The van der Waals surface area contributed by atoms with Gasteiger partial charge in [-0.25, -0.2) is 9.97 Å². The summed E-state index contributed by atoms with van der Waals surface area (Å²) in [7, 11) is 0. The fourth-order valence-corrected chi connectivity index (χ4v) is 3.87. The Labute approximate surface area is 171 Å². The van der Waals surface area contributed by atoms with Crippen LogP contribution in [0.4, 0.5) is 5.82 Å². The van der Waals surface area contributed by atoms with Gasteiger partial charge in [-0.3, -0.25) is 14.7 Å². The van der Waals surface area contributed by atoms with Crippen molar-refractivity contribution in [1.29, 1.82) is 0 Å². The number of halogens is 1. The predicted molar refractivity (Wildman–Crippen MR) is 110 cm³/mol. The van der Waals surface area contributed by atoms with Crippen LogP contribution in [-0.2, 0) is 6.54 Å². The number of aromatic amines is 1. The van der Waals surface area contributed by atoms with Crippen molar-refractivity contribution in [2.24, 2.45) is 0 Å². The van der Waals surface area contributed by atoms with Gasteiger partial charge in [-0.05, 0) is 25.1 Å². The molecule has 4 heterocycles. The molecule has 0 amide bonds. The maximum Gasteiger partial charge on any atom is 0.258 e. The molecule has 5 rings (SSSR count). The van der Waals surface area contributed by atoms with Crippen molar-refractivity contribution in [3.8, 4) is 0 Å². The third-order valence-electron chi connectivity index (χ3n) is 5.12. The number of nitrogens with one attached hydrogen (secondary N) is 1. The fraction of sp³-hybridized carbons (Fsp3) is 0.316. The van der Waals surface area contributed by atoms with E-state index in [-0.39, 0.29) is 5.56 Å². The quantitative estimate of drug-likeness (QED) is 0.548. The Morgan fingerprint density at radius 1 is 1.14 bits per heavy atom. The molecule has 0 bridgehead atoms. The maximum absolute atomic E-state index is 12.3. The summed E-state index contributed by atoms with van der Waals surface area (Å²) < 4.78 is 1.84. The first-order valence-electron chi connectivity index (χ1n) is 9.40. The summed E-state index contributed by atoms with van der Waals surface area (Å²) in [6.07, 6.45) is 3.54. The Hall–Kier alpha value is -3.04. The minimum atomic E-state index is -0.139. The van der Waals surface area contributed by atoms with Gasteiger partial charge in [0, 0.05) is 31.2 Å². The van der Waals surface area contributed by atoms with E-state index < -0.39 is 0 Å². The Kier molecular flexibility index (Phi) is 4.40. The standard InChI is InChI=1S/C19H19ClN8O/c1-12-22-17-9-21-10-18(28(17)25-12)27-6-4-26(5-7-27)11-16-23-15-8-13(20)2-3-14(15)19(29)24-16/h2-3,8-10H,4-7,11H2,1H3,(H,23,24,29). The van der Waals surface area contributed by atoms with Gasteiger partial charge in [0.1, 0.15) is 11.6 Å². The summed E-state index contributed by atoms with van der Waals surface area (Å²) in [4.78, 5) is 33.0. The highest BCUT2D eigenvalue weighted by Gasteiger charge is 2.21. The van der Waals surface area contributed by atoms with Gasteiger partial charge in [-0.15, -0.1) is 5.10 Å². The van der Waals surface area contributed by atoms with Gasteiger partial charge in [0.25, 0.3) is 5.56 Å². The van der Waals surface area contributed by atoms with E-state index in [0.717, 1.165) is 43.5 Å². The third-order valence-corrected chi connectivity index (χ3v) is 5.36. The lowest BCUT2D eigenvalue weighted by molar-refractivity contribution is 0.243. The first kappa shape index (κ1) is 18.0. The molecule has 0 radical (unpaired) electrons. The predicted octanol–water partition coefficient (Wildman–Crippen LogP) is 1.64. The molecule has 4 aromatic rings. The van der Waals surface area contributed by atoms with E-state index in [1.54, 1.807) is 24.4 Å². The van der Waals surface area contributed by atoms with Crippen LogP contribution in [0.5, 0.6) is 0 Å². The molecule has 1 aliphatic heterocycles. The van der Waals surface area contributed by atoms with Crippen molar-refractivity contribution in [1.82, 2.24) is 34.4 Å². The van der Waals surface area contributed by atoms with E-state index in [1.807, 2.05) is 17.6 Å². The molecular weight excluding hydrogens is 392 g/mol. The number of aryl methyl sites for hydroxylation is 1.